The minimum absolute atomic E-state index is 0.0548. The van der Waals surface area contributed by atoms with Gasteiger partial charge in [-0.2, -0.15) is 5.10 Å². The van der Waals surface area contributed by atoms with E-state index in [1.165, 1.54) is 5.01 Å². The molecule has 0 spiro atoms. The van der Waals surface area contributed by atoms with Crippen LogP contribution in [-0.4, -0.2) is 27.7 Å². The van der Waals surface area contributed by atoms with E-state index in [-0.39, 0.29) is 36.4 Å². The van der Waals surface area contributed by atoms with Crippen molar-refractivity contribution < 1.29 is 14.0 Å². The van der Waals surface area contributed by atoms with Gasteiger partial charge in [-0.3, -0.25) is 14.9 Å². The molecule has 2 heterocycles. The molecule has 2 amide bonds. The zero-order chi connectivity index (χ0) is 19.5. The Bertz CT molecular complexity index is 1050. The van der Waals surface area contributed by atoms with Crippen molar-refractivity contribution in [1.29, 1.82) is 0 Å². The maximum atomic E-state index is 12.5. The molecule has 0 atom stereocenters. The summed E-state index contributed by atoms with van der Waals surface area (Å²) in [5, 5.41) is 16.3. The molecule has 0 unspecified atom stereocenters. The van der Waals surface area contributed by atoms with Crippen LogP contribution in [0.3, 0.4) is 0 Å². The lowest BCUT2D eigenvalue weighted by Gasteiger charge is -2.22. The fourth-order valence-electron chi connectivity index (χ4n) is 2.64. The highest BCUT2D eigenvalue weighted by Gasteiger charge is 2.26. The standard InChI is InChI=1S/C19H14ClN5O3/c20-13-8-6-12(7-9-13)18-22-23-19(28-18)21-17(27)15-10-11-16(26)25(24-15)14-4-2-1-3-5-14/h1-9H,10-11H2,(H,21,23,27). The predicted molar refractivity (Wildman–Crippen MR) is 104 cm³/mol. The molecular formula is C19H14ClN5O3. The Kier molecular flexibility index (Phi) is 4.86. The molecular weight excluding hydrogens is 382 g/mol. The van der Waals surface area contributed by atoms with Crippen LogP contribution < -0.4 is 10.3 Å². The van der Waals surface area contributed by atoms with Crippen molar-refractivity contribution in [3.8, 4) is 11.5 Å². The minimum Gasteiger partial charge on any atom is -0.403 e. The summed E-state index contributed by atoms with van der Waals surface area (Å²) in [5.74, 6) is -0.427. The maximum absolute atomic E-state index is 12.5. The molecule has 0 saturated carbocycles. The van der Waals surface area contributed by atoms with Crippen LogP contribution in [0.25, 0.3) is 11.5 Å². The van der Waals surface area contributed by atoms with Crippen LogP contribution in [0.4, 0.5) is 11.7 Å². The van der Waals surface area contributed by atoms with Gasteiger partial charge in [0.05, 0.1) is 5.69 Å². The number of anilines is 2. The third-order valence-electron chi connectivity index (χ3n) is 4.03. The molecule has 4 rings (SSSR count). The van der Waals surface area contributed by atoms with Crippen LogP contribution in [0.15, 0.2) is 64.1 Å². The molecule has 0 fully saturated rings. The van der Waals surface area contributed by atoms with Crippen molar-refractivity contribution in [2.24, 2.45) is 5.10 Å². The summed E-state index contributed by atoms with van der Waals surface area (Å²) in [7, 11) is 0. The zero-order valence-corrected chi connectivity index (χ0v) is 15.3. The first kappa shape index (κ1) is 17.9. The summed E-state index contributed by atoms with van der Waals surface area (Å²) in [5.41, 5.74) is 1.48. The van der Waals surface area contributed by atoms with Crippen molar-refractivity contribution in [1.82, 2.24) is 10.2 Å². The summed E-state index contributed by atoms with van der Waals surface area (Å²) in [4.78, 5) is 24.7. The molecule has 2 aromatic carbocycles. The Morgan fingerprint density at radius 3 is 2.54 bits per heavy atom. The van der Waals surface area contributed by atoms with E-state index in [2.05, 4.69) is 20.6 Å². The van der Waals surface area contributed by atoms with Gasteiger partial charge in [0.1, 0.15) is 5.71 Å². The molecule has 0 saturated heterocycles. The number of carbonyl (C=O) groups excluding carboxylic acids is 2. The van der Waals surface area contributed by atoms with Crippen LogP contribution in [0.2, 0.25) is 5.02 Å². The number of benzene rings is 2. The lowest BCUT2D eigenvalue weighted by molar-refractivity contribution is -0.118. The second kappa shape index (κ2) is 7.61. The Morgan fingerprint density at radius 1 is 1.04 bits per heavy atom. The van der Waals surface area contributed by atoms with E-state index in [0.29, 0.717) is 16.3 Å². The van der Waals surface area contributed by atoms with Crippen LogP contribution >= 0.6 is 11.6 Å². The van der Waals surface area contributed by atoms with E-state index >= 15 is 0 Å². The number of para-hydroxylation sites is 1. The van der Waals surface area contributed by atoms with Gasteiger partial charge in [0.25, 0.3) is 5.91 Å². The van der Waals surface area contributed by atoms with Gasteiger partial charge in [0.15, 0.2) is 0 Å². The average molecular weight is 396 g/mol. The number of hydrogen-bond acceptors (Lipinski definition) is 6. The number of carbonyl (C=O) groups is 2. The summed E-state index contributed by atoms with van der Waals surface area (Å²) in [6.45, 7) is 0. The molecule has 8 nitrogen and oxygen atoms in total. The van der Waals surface area contributed by atoms with Gasteiger partial charge in [-0.05, 0) is 36.4 Å². The molecule has 1 aromatic heterocycles. The number of rotatable bonds is 4. The molecule has 1 N–H and O–H groups in total. The first-order chi connectivity index (χ1) is 13.6. The highest BCUT2D eigenvalue weighted by molar-refractivity contribution is 6.44. The Balaban J connectivity index is 1.50. The third kappa shape index (κ3) is 3.77. The Hall–Kier alpha value is -3.52. The van der Waals surface area contributed by atoms with E-state index < -0.39 is 5.91 Å². The number of aromatic nitrogens is 2. The van der Waals surface area contributed by atoms with Crippen molar-refractivity contribution in [2.45, 2.75) is 12.8 Å². The molecule has 0 bridgehead atoms. The van der Waals surface area contributed by atoms with Gasteiger partial charge in [-0.15, -0.1) is 5.10 Å². The summed E-state index contributed by atoms with van der Waals surface area (Å²) < 4.78 is 5.47. The Labute approximate surface area is 164 Å². The first-order valence-corrected chi connectivity index (χ1v) is 8.84. The summed E-state index contributed by atoms with van der Waals surface area (Å²) >= 11 is 5.86. The second-order valence-corrected chi connectivity index (χ2v) is 6.40. The monoisotopic (exact) mass is 395 g/mol. The first-order valence-electron chi connectivity index (χ1n) is 8.46. The number of hydrogen-bond donors (Lipinski definition) is 1. The number of hydrazone groups is 1. The van der Waals surface area contributed by atoms with E-state index in [0.717, 1.165) is 0 Å². The zero-order valence-electron chi connectivity index (χ0n) is 14.5. The van der Waals surface area contributed by atoms with E-state index in [1.807, 2.05) is 6.07 Å². The molecule has 1 aliphatic heterocycles. The number of nitrogens with one attached hydrogen (secondary N) is 1. The molecule has 0 radical (unpaired) electrons. The highest BCUT2D eigenvalue weighted by atomic mass is 35.5. The summed E-state index contributed by atoms with van der Waals surface area (Å²) in [6.07, 6.45) is 0.410. The molecule has 140 valence electrons. The average Bonchev–Trinajstić information content (AvgIpc) is 3.18. The summed E-state index contributed by atoms with van der Waals surface area (Å²) in [6, 6.07) is 15.7. The number of halogens is 1. The molecule has 9 heteroatoms. The van der Waals surface area contributed by atoms with Crippen LogP contribution in [-0.2, 0) is 9.59 Å². The quantitative estimate of drug-likeness (QED) is 0.728. The Morgan fingerprint density at radius 2 is 1.79 bits per heavy atom. The SMILES string of the molecule is O=C(Nc1nnc(-c2ccc(Cl)cc2)o1)C1=NN(c2ccccc2)C(=O)CC1. The smallest absolute Gasteiger partial charge is 0.322 e. The predicted octanol–water partition coefficient (Wildman–Crippen LogP) is 3.51. The molecule has 28 heavy (non-hydrogen) atoms. The van der Waals surface area contributed by atoms with Crippen molar-refractivity contribution in [3.05, 3.63) is 59.6 Å². The van der Waals surface area contributed by atoms with Crippen LogP contribution in [0, 0.1) is 0 Å². The maximum Gasteiger partial charge on any atom is 0.322 e. The normalized spacial score (nSPS) is 14.0. The third-order valence-corrected chi connectivity index (χ3v) is 4.28. The molecule has 3 aromatic rings. The van der Waals surface area contributed by atoms with Gasteiger partial charge in [-0.25, -0.2) is 5.01 Å². The topological polar surface area (TPSA) is 101 Å². The van der Waals surface area contributed by atoms with E-state index in [1.54, 1.807) is 48.5 Å². The van der Waals surface area contributed by atoms with E-state index in [4.69, 9.17) is 16.0 Å². The molecule has 0 aliphatic carbocycles. The minimum atomic E-state index is -0.500. The van der Waals surface area contributed by atoms with Gasteiger partial charge in [0.2, 0.25) is 11.8 Å². The fourth-order valence-corrected chi connectivity index (χ4v) is 2.77. The van der Waals surface area contributed by atoms with E-state index in [9.17, 15) is 9.59 Å². The van der Waals surface area contributed by atoms with Crippen LogP contribution in [0.5, 0.6) is 0 Å². The number of amides is 2. The van der Waals surface area contributed by atoms with Crippen LogP contribution in [0.1, 0.15) is 12.8 Å². The molecule has 1 aliphatic rings. The largest absolute Gasteiger partial charge is 0.403 e. The van der Waals surface area contributed by atoms with Gasteiger partial charge >= 0.3 is 6.01 Å². The highest BCUT2D eigenvalue weighted by Crippen LogP contribution is 2.23. The number of nitrogens with zero attached hydrogens (tertiary/aromatic N) is 4. The van der Waals surface area contributed by atoms with Gasteiger partial charge in [0, 0.05) is 23.4 Å². The van der Waals surface area contributed by atoms with Gasteiger partial charge < -0.3 is 4.42 Å². The lowest BCUT2D eigenvalue weighted by Crippen LogP contribution is -2.36. The van der Waals surface area contributed by atoms with Crippen molar-refractivity contribution in [2.75, 3.05) is 10.3 Å². The van der Waals surface area contributed by atoms with Crippen molar-refractivity contribution in [3.63, 3.8) is 0 Å². The second-order valence-electron chi connectivity index (χ2n) is 5.96. The lowest BCUT2D eigenvalue weighted by atomic mass is 10.1. The van der Waals surface area contributed by atoms with Crippen molar-refractivity contribution >= 4 is 40.8 Å². The van der Waals surface area contributed by atoms with Gasteiger partial charge in [-0.1, -0.05) is 34.9 Å². The fraction of sp³-hybridized carbons (Fsp3) is 0.105.